The highest BCUT2D eigenvalue weighted by Crippen LogP contribution is 2.31. The third-order valence-electron chi connectivity index (χ3n) is 2.58. The lowest BCUT2D eigenvalue weighted by molar-refractivity contribution is -0.384. The maximum absolute atomic E-state index is 13.7. The molecular weight excluding hydrogens is 267 g/mol. The summed E-state index contributed by atoms with van der Waals surface area (Å²) in [5.41, 5.74) is 0.131. The highest BCUT2D eigenvalue weighted by Gasteiger charge is 2.24. The fourth-order valence-electron chi connectivity index (χ4n) is 1.76. The molecule has 0 radical (unpaired) electrons. The summed E-state index contributed by atoms with van der Waals surface area (Å²) >= 11 is 0. The van der Waals surface area contributed by atoms with Crippen LogP contribution >= 0.6 is 0 Å². The molecule has 1 aromatic carbocycles. The Kier molecular flexibility index (Phi) is 4.79. The van der Waals surface area contributed by atoms with Crippen molar-refractivity contribution in [3.05, 3.63) is 45.8 Å². The van der Waals surface area contributed by atoms with E-state index in [1.54, 1.807) is 14.0 Å². The van der Waals surface area contributed by atoms with E-state index >= 15 is 0 Å². The van der Waals surface area contributed by atoms with Crippen LogP contribution in [0.3, 0.4) is 0 Å². The molecule has 20 heavy (non-hydrogen) atoms. The minimum Gasteiger partial charge on any atom is -0.465 e. The lowest BCUT2D eigenvalue weighted by atomic mass is 10.1. The first kappa shape index (κ1) is 15.6. The Bertz CT molecular complexity index is 572. The van der Waals surface area contributed by atoms with E-state index in [4.69, 9.17) is 0 Å². The van der Waals surface area contributed by atoms with Crippen LogP contribution in [0, 0.1) is 15.9 Å². The minimum atomic E-state index is -0.990. The summed E-state index contributed by atoms with van der Waals surface area (Å²) in [5.74, 6) is -1.88. The maximum atomic E-state index is 13.7. The SMILES string of the molecule is C=C(C)CN(C)c1cc(C(=O)OC)c(F)cc1[N+](=O)[O-]. The van der Waals surface area contributed by atoms with Gasteiger partial charge >= 0.3 is 5.97 Å². The highest BCUT2D eigenvalue weighted by atomic mass is 19.1. The Morgan fingerprint density at radius 3 is 2.60 bits per heavy atom. The second-order valence-corrected chi connectivity index (χ2v) is 4.38. The zero-order chi connectivity index (χ0) is 15.4. The number of hydrogen-bond donors (Lipinski definition) is 0. The first-order chi connectivity index (χ1) is 9.27. The molecule has 0 fully saturated rings. The fraction of sp³-hybridized carbons (Fsp3) is 0.308. The second kappa shape index (κ2) is 6.14. The number of esters is 1. The molecule has 0 aliphatic heterocycles. The van der Waals surface area contributed by atoms with Crippen molar-refractivity contribution in [2.75, 3.05) is 25.6 Å². The van der Waals surface area contributed by atoms with Gasteiger partial charge in [0.2, 0.25) is 0 Å². The number of hydrogen-bond acceptors (Lipinski definition) is 5. The molecule has 0 heterocycles. The van der Waals surface area contributed by atoms with Gasteiger partial charge in [-0.3, -0.25) is 10.1 Å². The Morgan fingerprint density at radius 1 is 1.55 bits per heavy atom. The number of rotatable bonds is 5. The van der Waals surface area contributed by atoms with Gasteiger partial charge in [0.15, 0.2) is 0 Å². The Hall–Kier alpha value is -2.44. The predicted molar refractivity (Wildman–Crippen MR) is 72.5 cm³/mol. The van der Waals surface area contributed by atoms with Crippen LogP contribution in [-0.4, -0.2) is 31.6 Å². The van der Waals surface area contributed by atoms with Gasteiger partial charge in [0.1, 0.15) is 11.5 Å². The monoisotopic (exact) mass is 282 g/mol. The third-order valence-corrected chi connectivity index (χ3v) is 2.58. The molecule has 0 saturated heterocycles. The van der Waals surface area contributed by atoms with E-state index in [0.717, 1.165) is 24.8 Å². The van der Waals surface area contributed by atoms with Gasteiger partial charge in [-0.25, -0.2) is 9.18 Å². The number of carbonyl (C=O) groups is 1. The molecular formula is C13H15FN2O4. The van der Waals surface area contributed by atoms with E-state index in [-0.39, 0.29) is 11.3 Å². The average molecular weight is 282 g/mol. The van der Waals surface area contributed by atoms with Gasteiger partial charge in [0.05, 0.1) is 23.7 Å². The first-order valence-corrected chi connectivity index (χ1v) is 5.69. The third kappa shape index (κ3) is 3.31. The number of nitro groups is 1. The number of likely N-dealkylation sites (N-methyl/N-ethyl adjacent to an activating group) is 1. The van der Waals surface area contributed by atoms with Crippen molar-refractivity contribution in [3.63, 3.8) is 0 Å². The van der Waals surface area contributed by atoms with E-state index in [2.05, 4.69) is 11.3 Å². The topological polar surface area (TPSA) is 72.7 Å². The minimum absolute atomic E-state index is 0.125. The number of ether oxygens (including phenoxy) is 1. The van der Waals surface area contributed by atoms with Gasteiger partial charge in [-0.05, 0) is 13.0 Å². The van der Waals surface area contributed by atoms with Crippen LogP contribution in [-0.2, 0) is 4.74 Å². The molecule has 0 unspecified atom stereocenters. The molecule has 0 amide bonds. The number of nitrogens with zero attached hydrogens (tertiary/aromatic N) is 2. The van der Waals surface area contributed by atoms with Crippen LogP contribution in [0.15, 0.2) is 24.3 Å². The van der Waals surface area contributed by atoms with Crippen LogP contribution in [0.5, 0.6) is 0 Å². The van der Waals surface area contributed by atoms with E-state index in [1.807, 2.05) is 0 Å². The van der Waals surface area contributed by atoms with Crippen molar-refractivity contribution in [1.29, 1.82) is 0 Å². The van der Waals surface area contributed by atoms with Crippen LogP contribution in [0.2, 0.25) is 0 Å². The number of benzene rings is 1. The molecule has 0 aromatic heterocycles. The number of methoxy groups -OCH3 is 1. The van der Waals surface area contributed by atoms with E-state index < -0.39 is 22.4 Å². The summed E-state index contributed by atoms with van der Waals surface area (Å²) < 4.78 is 18.2. The molecule has 1 aromatic rings. The van der Waals surface area contributed by atoms with Gasteiger partial charge < -0.3 is 9.64 Å². The Balaban J connectivity index is 3.41. The van der Waals surface area contributed by atoms with Crippen LogP contribution in [0.4, 0.5) is 15.8 Å². The molecule has 0 saturated carbocycles. The maximum Gasteiger partial charge on any atom is 0.340 e. The van der Waals surface area contributed by atoms with Gasteiger partial charge in [-0.1, -0.05) is 12.2 Å². The van der Waals surface area contributed by atoms with Crippen molar-refractivity contribution in [1.82, 2.24) is 0 Å². The quantitative estimate of drug-likeness (QED) is 0.359. The normalized spacial score (nSPS) is 10.0. The van der Waals surface area contributed by atoms with Gasteiger partial charge in [-0.2, -0.15) is 0 Å². The number of nitro benzene ring substituents is 1. The second-order valence-electron chi connectivity index (χ2n) is 4.38. The average Bonchev–Trinajstić information content (AvgIpc) is 2.36. The zero-order valence-corrected chi connectivity index (χ0v) is 11.5. The number of carbonyl (C=O) groups excluding carboxylic acids is 1. The summed E-state index contributed by atoms with van der Waals surface area (Å²) in [6.07, 6.45) is 0. The smallest absolute Gasteiger partial charge is 0.340 e. The fourth-order valence-corrected chi connectivity index (χ4v) is 1.76. The summed E-state index contributed by atoms with van der Waals surface area (Å²) in [7, 11) is 2.70. The molecule has 0 aliphatic rings. The summed E-state index contributed by atoms with van der Waals surface area (Å²) in [4.78, 5) is 23.3. The van der Waals surface area contributed by atoms with Crippen molar-refractivity contribution >= 4 is 17.3 Å². The molecule has 7 heteroatoms. The molecule has 6 nitrogen and oxygen atoms in total. The molecule has 0 bridgehead atoms. The van der Waals surface area contributed by atoms with Gasteiger partial charge in [0, 0.05) is 13.6 Å². The summed E-state index contributed by atoms with van der Waals surface area (Å²) in [6.45, 7) is 5.81. The van der Waals surface area contributed by atoms with Crippen molar-refractivity contribution in [2.45, 2.75) is 6.92 Å². The molecule has 0 aliphatic carbocycles. The first-order valence-electron chi connectivity index (χ1n) is 5.69. The molecule has 1 rings (SSSR count). The highest BCUT2D eigenvalue weighted by molar-refractivity contribution is 5.92. The van der Waals surface area contributed by atoms with Crippen LogP contribution in [0.1, 0.15) is 17.3 Å². The van der Waals surface area contributed by atoms with Crippen molar-refractivity contribution < 1.29 is 18.8 Å². The lowest BCUT2D eigenvalue weighted by Crippen LogP contribution is -2.21. The van der Waals surface area contributed by atoms with Crippen LogP contribution < -0.4 is 4.90 Å². The standard InChI is InChI=1S/C13H15FN2O4/c1-8(2)7-15(3)11-5-9(13(17)20-4)10(14)6-12(11)16(18)19/h5-6H,1,7H2,2-4H3. The van der Waals surface area contributed by atoms with Crippen LogP contribution in [0.25, 0.3) is 0 Å². The van der Waals surface area contributed by atoms with Crippen molar-refractivity contribution in [3.8, 4) is 0 Å². The number of anilines is 1. The summed E-state index contributed by atoms with van der Waals surface area (Å²) in [5, 5.41) is 11.0. The lowest BCUT2D eigenvalue weighted by Gasteiger charge is -2.20. The number of halogens is 1. The molecule has 0 atom stereocenters. The van der Waals surface area contributed by atoms with Gasteiger partial charge in [-0.15, -0.1) is 0 Å². The van der Waals surface area contributed by atoms with E-state index in [9.17, 15) is 19.3 Å². The Morgan fingerprint density at radius 2 is 2.15 bits per heavy atom. The molecule has 0 spiro atoms. The largest absolute Gasteiger partial charge is 0.465 e. The zero-order valence-electron chi connectivity index (χ0n) is 11.5. The summed E-state index contributed by atoms with van der Waals surface area (Å²) in [6, 6.07) is 1.83. The molecule has 0 N–H and O–H groups in total. The van der Waals surface area contributed by atoms with E-state index in [1.165, 1.54) is 4.90 Å². The Labute approximate surface area is 115 Å². The van der Waals surface area contributed by atoms with Crippen molar-refractivity contribution in [2.24, 2.45) is 0 Å². The van der Waals surface area contributed by atoms with Gasteiger partial charge in [0.25, 0.3) is 5.69 Å². The predicted octanol–water partition coefficient (Wildman–Crippen LogP) is 2.53. The van der Waals surface area contributed by atoms with E-state index in [0.29, 0.717) is 6.54 Å². The molecule has 108 valence electrons.